The predicted octanol–water partition coefficient (Wildman–Crippen LogP) is -0.286. The lowest BCUT2D eigenvalue weighted by Crippen LogP contribution is -2.66. The van der Waals surface area contributed by atoms with Crippen LogP contribution < -0.4 is 5.32 Å². The maximum Gasteiger partial charge on any atom is 0.257 e. The lowest BCUT2D eigenvalue weighted by molar-refractivity contribution is -0.148. The number of rotatable bonds is 3. The highest BCUT2D eigenvalue weighted by molar-refractivity contribution is 5.97. The Morgan fingerprint density at radius 2 is 2.00 bits per heavy atom. The fourth-order valence-corrected chi connectivity index (χ4v) is 3.39. The molecule has 1 unspecified atom stereocenters. The van der Waals surface area contributed by atoms with Crippen molar-refractivity contribution in [1.82, 2.24) is 24.9 Å². The first-order chi connectivity index (χ1) is 12.6. The second kappa shape index (κ2) is 6.62. The van der Waals surface area contributed by atoms with Crippen molar-refractivity contribution in [1.29, 1.82) is 0 Å². The summed E-state index contributed by atoms with van der Waals surface area (Å²) in [5.74, 6) is -0.478. The molecular weight excluding hydrogens is 334 g/mol. The average molecular weight is 353 g/mol. The van der Waals surface area contributed by atoms with Gasteiger partial charge < -0.3 is 15.1 Å². The van der Waals surface area contributed by atoms with Crippen LogP contribution in [0.5, 0.6) is 0 Å². The van der Waals surface area contributed by atoms with Crippen molar-refractivity contribution in [2.24, 2.45) is 0 Å². The molecule has 0 radical (unpaired) electrons. The van der Waals surface area contributed by atoms with Gasteiger partial charge in [-0.3, -0.25) is 19.1 Å². The molecule has 3 amide bonds. The van der Waals surface area contributed by atoms with Gasteiger partial charge in [0.1, 0.15) is 6.04 Å². The van der Waals surface area contributed by atoms with Gasteiger partial charge in [-0.25, -0.2) is 0 Å². The molecule has 8 heteroatoms. The van der Waals surface area contributed by atoms with Gasteiger partial charge in [-0.2, -0.15) is 5.10 Å². The summed E-state index contributed by atoms with van der Waals surface area (Å²) in [6.07, 6.45) is 3.26. The standard InChI is InChI=1S/C18H19N5O3/c24-16-9-19-17(25)15-12-21(6-7-23(15)16)18(26)14-8-20-22(11-14)10-13-4-2-1-3-5-13/h1-5,8,11,15H,6-7,9-10,12H2,(H,19,25). The Kier molecular flexibility index (Phi) is 4.16. The van der Waals surface area contributed by atoms with Gasteiger partial charge in [0.2, 0.25) is 11.8 Å². The molecule has 0 aliphatic carbocycles. The Morgan fingerprint density at radius 1 is 1.19 bits per heavy atom. The Morgan fingerprint density at radius 3 is 2.81 bits per heavy atom. The van der Waals surface area contributed by atoms with Gasteiger partial charge in [0, 0.05) is 19.3 Å². The molecule has 2 fully saturated rings. The number of piperazine rings is 2. The predicted molar refractivity (Wildman–Crippen MR) is 92.2 cm³/mol. The third kappa shape index (κ3) is 3.05. The molecule has 2 aliphatic heterocycles. The summed E-state index contributed by atoms with van der Waals surface area (Å²) >= 11 is 0. The van der Waals surface area contributed by atoms with Crippen molar-refractivity contribution in [3.05, 3.63) is 53.9 Å². The zero-order valence-corrected chi connectivity index (χ0v) is 14.2. The maximum atomic E-state index is 12.8. The Hall–Kier alpha value is -3.16. The topological polar surface area (TPSA) is 87.5 Å². The van der Waals surface area contributed by atoms with Gasteiger partial charge in [-0.15, -0.1) is 0 Å². The van der Waals surface area contributed by atoms with Gasteiger partial charge in [0.05, 0.1) is 31.4 Å². The number of nitrogens with one attached hydrogen (secondary N) is 1. The van der Waals surface area contributed by atoms with Crippen LogP contribution in [0.1, 0.15) is 15.9 Å². The van der Waals surface area contributed by atoms with Crippen LogP contribution in [-0.4, -0.2) is 69.5 Å². The van der Waals surface area contributed by atoms with E-state index in [1.165, 1.54) is 0 Å². The highest BCUT2D eigenvalue weighted by Crippen LogP contribution is 2.16. The number of fused-ring (bicyclic) bond motifs is 1. The number of amides is 3. The van der Waals surface area contributed by atoms with E-state index in [-0.39, 0.29) is 30.8 Å². The van der Waals surface area contributed by atoms with Crippen molar-refractivity contribution in [2.45, 2.75) is 12.6 Å². The Labute approximate surface area is 150 Å². The van der Waals surface area contributed by atoms with E-state index in [2.05, 4.69) is 10.4 Å². The summed E-state index contributed by atoms with van der Waals surface area (Å²) in [5.41, 5.74) is 1.58. The number of aromatic nitrogens is 2. The van der Waals surface area contributed by atoms with E-state index in [0.29, 0.717) is 25.2 Å². The molecule has 1 N–H and O–H groups in total. The van der Waals surface area contributed by atoms with Crippen LogP contribution in [0, 0.1) is 0 Å². The van der Waals surface area contributed by atoms with Crippen molar-refractivity contribution in [3.8, 4) is 0 Å². The Balaban J connectivity index is 1.45. The summed E-state index contributed by atoms with van der Waals surface area (Å²) in [7, 11) is 0. The van der Waals surface area contributed by atoms with E-state index in [0.717, 1.165) is 5.56 Å². The van der Waals surface area contributed by atoms with E-state index >= 15 is 0 Å². The largest absolute Gasteiger partial charge is 0.345 e. The van der Waals surface area contributed by atoms with Crippen molar-refractivity contribution in [3.63, 3.8) is 0 Å². The molecule has 4 rings (SSSR count). The van der Waals surface area contributed by atoms with Crippen LogP contribution in [0.15, 0.2) is 42.7 Å². The fourth-order valence-electron chi connectivity index (χ4n) is 3.39. The lowest BCUT2D eigenvalue weighted by Gasteiger charge is -2.42. The first-order valence-electron chi connectivity index (χ1n) is 8.54. The van der Waals surface area contributed by atoms with Gasteiger partial charge >= 0.3 is 0 Å². The molecule has 8 nitrogen and oxygen atoms in total. The van der Waals surface area contributed by atoms with Gasteiger partial charge in [-0.1, -0.05) is 30.3 Å². The molecule has 26 heavy (non-hydrogen) atoms. The van der Waals surface area contributed by atoms with Crippen LogP contribution in [0.25, 0.3) is 0 Å². The number of hydrogen-bond acceptors (Lipinski definition) is 4. The van der Waals surface area contributed by atoms with E-state index in [1.54, 1.807) is 26.9 Å². The Bertz CT molecular complexity index is 848. The van der Waals surface area contributed by atoms with Gasteiger partial charge in [0.25, 0.3) is 5.91 Å². The lowest BCUT2D eigenvalue weighted by atomic mass is 10.1. The maximum absolute atomic E-state index is 12.8. The zero-order valence-electron chi connectivity index (χ0n) is 14.2. The van der Waals surface area contributed by atoms with E-state index in [9.17, 15) is 14.4 Å². The van der Waals surface area contributed by atoms with Crippen molar-refractivity contribution < 1.29 is 14.4 Å². The molecule has 1 aromatic carbocycles. The third-order valence-electron chi connectivity index (χ3n) is 4.77. The van der Waals surface area contributed by atoms with Crippen LogP contribution in [0.3, 0.4) is 0 Å². The second-order valence-electron chi connectivity index (χ2n) is 6.48. The molecule has 0 spiro atoms. The van der Waals surface area contributed by atoms with Crippen LogP contribution in [0.4, 0.5) is 0 Å². The fraction of sp³-hybridized carbons (Fsp3) is 0.333. The quantitative estimate of drug-likeness (QED) is 0.822. The molecule has 2 saturated heterocycles. The first-order valence-corrected chi connectivity index (χ1v) is 8.54. The number of benzene rings is 1. The van der Waals surface area contributed by atoms with E-state index in [1.807, 2.05) is 30.3 Å². The summed E-state index contributed by atoms with van der Waals surface area (Å²) in [6, 6.07) is 9.27. The summed E-state index contributed by atoms with van der Waals surface area (Å²) in [6.45, 7) is 1.62. The van der Waals surface area contributed by atoms with Gasteiger partial charge in [0.15, 0.2) is 0 Å². The highest BCUT2D eigenvalue weighted by atomic mass is 16.2. The minimum absolute atomic E-state index is 0.0372. The SMILES string of the molecule is O=C1NCC(=O)N2CCN(C(=O)c3cnn(Cc4ccccc4)c3)CC12. The smallest absolute Gasteiger partial charge is 0.257 e. The summed E-state index contributed by atoms with van der Waals surface area (Å²) in [4.78, 5) is 39.9. The van der Waals surface area contributed by atoms with Crippen LogP contribution >= 0.6 is 0 Å². The first kappa shape index (κ1) is 16.3. The van der Waals surface area contributed by atoms with Gasteiger partial charge in [-0.05, 0) is 5.56 Å². The summed E-state index contributed by atoms with van der Waals surface area (Å²) in [5, 5.41) is 6.84. The molecule has 0 bridgehead atoms. The van der Waals surface area contributed by atoms with Crippen molar-refractivity contribution in [2.75, 3.05) is 26.2 Å². The molecule has 2 aliphatic rings. The number of hydrogen-bond donors (Lipinski definition) is 1. The molecule has 134 valence electrons. The summed E-state index contributed by atoms with van der Waals surface area (Å²) < 4.78 is 1.72. The third-order valence-corrected chi connectivity index (χ3v) is 4.77. The molecule has 1 aromatic heterocycles. The second-order valence-corrected chi connectivity index (χ2v) is 6.48. The minimum Gasteiger partial charge on any atom is -0.345 e. The average Bonchev–Trinajstić information content (AvgIpc) is 3.13. The molecular formula is C18H19N5O3. The number of carbonyl (C=O) groups excluding carboxylic acids is 3. The molecule has 2 aromatic rings. The minimum atomic E-state index is -0.603. The zero-order chi connectivity index (χ0) is 18.1. The van der Waals surface area contributed by atoms with Crippen LogP contribution in [0.2, 0.25) is 0 Å². The highest BCUT2D eigenvalue weighted by Gasteiger charge is 2.40. The molecule has 1 atom stereocenters. The monoisotopic (exact) mass is 353 g/mol. The van der Waals surface area contributed by atoms with Crippen molar-refractivity contribution >= 4 is 17.7 Å². The van der Waals surface area contributed by atoms with E-state index in [4.69, 9.17) is 0 Å². The van der Waals surface area contributed by atoms with E-state index < -0.39 is 6.04 Å². The number of carbonyl (C=O) groups is 3. The molecule has 3 heterocycles. The normalized spacial score (nSPS) is 19.9. The number of nitrogens with zero attached hydrogens (tertiary/aromatic N) is 4. The molecule has 0 saturated carbocycles. The van der Waals surface area contributed by atoms with Crippen LogP contribution in [-0.2, 0) is 16.1 Å².